The molecule has 194 valence electrons. The average Bonchev–Trinajstić information content (AvgIpc) is 3.46. The summed E-state index contributed by atoms with van der Waals surface area (Å²) in [5.74, 6) is -1.69. The Bertz CT molecular complexity index is 1220. The van der Waals surface area contributed by atoms with Gasteiger partial charge in [-0.1, -0.05) is 11.3 Å². The fraction of sp³-hybridized carbons (Fsp3) is 0.348. The highest BCUT2D eigenvalue weighted by Gasteiger charge is 2.34. The van der Waals surface area contributed by atoms with Crippen LogP contribution in [0.3, 0.4) is 0 Å². The Morgan fingerprint density at radius 2 is 2.03 bits per heavy atom. The Kier molecular flexibility index (Phi) is 7.07. The summed E-state index contributed by atoms with van der Waals surface area (Å²) in [4.78, 5) is 31.7. The van der Waals surface area contributed by atoms with E-state index in [1.54, 1.807) is 29.6 Å². The summed E-state index contributed by atoms with van der Waals surface area (Å²) in [7, 11) is 0. The minimum absolute atomic E-state index is 0.0519. The number of hydrogen-bond acceptors (Lipinski definition) is 8. The summed E-state index contributed by atoms with van der Waals surface area (Å²) in [6, 6.07) is 5.56. The van der Waals surface area contributed by atoms with Crippen LogP contribution in [-0.4, -0.2) is 75.8 Å². The molecule has 1 aromatic carbocycles. The monoisotopic (exact) mass is 513 g/mol. The first-order valence-electron chi connectivity index (χ1n) is 11.7. The Morgan fingerprint density at radius 3 is 2.76 bits per heavy atom. The van der Waals surface area contributed by atoms with Crippen molar-refractivity contribution in [3.05, 3.63) is 66.3 Å². The van der Waals surface area contributed by atoms with E-state index in [2.05, 4.69) is 26.0 Å². The van der Waals surface area contributed by atoms with Crippen LogP contribution in [0.1, 0.15) is 5.56 Å². The first-order valence-corrected chi connectivity index (χ1v) is 11.7. The van der Waals surface area contributed by atoms with Crippen LogP contribution >= 0.6 is 0 Å². The van der Waals surface area contributed by atoms with Gasteiger partial charge in [0.15, 0.2) is 11.6 Å². The van der Waals surface area contributed by atoms with Crippen molar-refractivity contribution in [1.29, 1.82) is 0 Å². The number of nitrogens with one attached hydrogen (secondary N) is 2. The fourth-order valence-electron chi connectivity index (χ4n) is 4.25. The Balaban J connectivity index is 1.21. The molecule has 0 bridgehead atoms. The summed E-state index contributed by atoms with van der Waals surface area (Å²) in [5.41, 5.74) is 3.60. The van der Waals surface area contributed by atoms with Crippen molar-refractivity contribution < 1.29 is 23.1 Å². The highest BCUT2D eigenvalue weighted by Crippen LogP contribution is 2.31. The first kappa shape index (κ1) is 24.4. The summed E-state index contributed by atoms with van der Waals surface area (Å²) in [6.07, 6.45) is 5.22. The molecule has 0 unspecified atom stereocenters. The van der Waals surface area contributed by atoms with Gasteiger partial charge in [0, 0.05) is 56.9 Å². The van der Waals surface area contributed by atoms with E-state index < -0.39 is 23.8 Å². The molecule has 4 heterocycles. The van der Waals surface area contributed by atoms with Crippen LogP contribution < -0.4 is 20.7 Å². The molecule has 0 saturated carbocycles. The second kappa shape index (κ2) is 10.7. The highest BCUT2D eigenvalue weighted by molar-refractivity contribution is 5.90. The van der Waals surface area contributed by atoms with Gasteiger partial charge in [-0.15, -0.1) is 5.10 Å². The van der Waals surface area contributed by atoms with Gasteiger partial charge >= 0.3 is 12.1 Å². The number of nitrogens with zero attached hydrogens (tertiary/aromatic N) is 7. The maximum atomic E-state index is 15.2. The van der Waals surface area contributed by atoms with E-state index in [9.17, 15) is 9.59 Å². The van der Waals surface area contributed by atoms with Crippen molar-refractivity contribution in [2.75, 3.05) is 42.6 Å². The molecule has 2 saturated heterocycles. The van der Waals surface area contributed by atoms with Gasteiger partial charge in [0.05, 0.1) is 31.5 Å². The molecular formula is C23H25F2N9O3. The third-order valence-electron chi connectivity index (χ3n) is 6.05. The molecule has 3 aromatic rings. The van der Waals surface area contributed by atoms with E-state index in [0.29, 0.717) is 19.6 Å². The van der Waals surface area contributed by atoms with Crippen molar-refractivity contribution in [3.8, 4) is 0 Å². The van der Waals surface area contributed by atoms with Gasteiger partial charge in [-0.3, -0.25) is 9.88 Å². The van der Waals surface area contributed by atoms with Crippen LogP contribution in [0.2, 0.25) is 0 Å². The lowest BCUT2D eigenvalue weighted by molar-refractivity contribution is 0.129. The smallest absolute Gasteiger partial charge is 0.414 e. The molecule has 2 aromatic heterocycles. The molecule has 5 rings (SSSR count). The van der Waals surface area contributed by atoms with Gasteiger partial charge in [0.1, 0.15) is 11.8 Å². The number of ether oxygens (including phenoxy) is 1. The zero-order valence-electron chi connectivity index (χ0n) is 19.8. The van der Waals surface area contributed by atoms with Crippen molar-refractivity contribution in [3.63, 3.8) is 0 Å². The molecule has 37 heavy (non-hydrogen) atoms. The molecule has 3 amide bonds. The number of anilines is 2. The van der Waals surface area contributed by atoms with Crippen LogP contribution in [-0.2, 0) is 17.8 Å². The molecule has 14 heteroatoms. The molecule has 1 atom stereocenters. The maximum absolute atomic E-state index is 15.2. The Labute approximate surface area is 210 Å². The number of urea groups is 1. The SMILES string of the molecule is O=C(NCc1cccnc1)N1CCNN(c2c(F)cc(N3C[C@H](Cn4ccnn4)OC3=O)cc2F)CC1. The molecule has 0 radical (unpaired) electrons. The van der Waals surface area contributed by atoms with Crippen molar-refractivity contribution in [2.24, 2.45) is 0 Å². The molecule has 2 aliphatic heterocycles. The first-order chi connectivity index (χ1) is 18.0. The number of aromatic nitrogens is 4. The molecule has 2 aliphatic rings. The lowest BCUT2D eigenvalue weighted by Crippen LogP contribution is -2.42. The molecule has 0 aliphatic carbocycles. The van der Waals surface area contributed by atoms with Crippen LogP contribution in [0.25, 0.3) is 0 Å². The quantitative estimate of drug-likeness (QED) is 0.509. The van der Waals surface area contributed by atoms with E-state index in [-0.39, 0.29) is 43.6 Å². The van der Waals surface area contributed by atoms with Crippen molar-refractivity contribution >= 4 is 23.5 Å². The third-order valence-corrected chi connectivity index (χ3v) is 6.05. The number of pyridine rings is 1. The predicted octanol–water partition coefficient (Wildman–Crippen LogP) is 1.51. The van der Waals surface area contributed by atoms with E-state index in [4.69, 9.17) is 4.74 Å². The van der Waals surface area contributed by atoms with Crippen LogP contribution in [0.4, 0.5) is 29.7 Å². The number of carbonyl (C=O) groups is 2. The van der Waals surface area contributed by atoms with Crippen LogP contribution in [0, 0.1) is 11.6 Å². The standard InChI is InChI=1S/C23H25F2N9O3/c24-19-10-17(33-15-18(37-23(33)36)14-32-7-4-28-30-32)11-20(25)21(19)34-9-8-31(6-5-29-34)22(35)27-13-16-2-1-3-26-12-16/h1-4,7,10-12,18,29H,5-6,8-9,13-15H2,(H,27,35)/t18-/m0/s1. The van der Waals surface area contributed by atoms with Crippen LogP contribution in [0.5, 0.6) is 0 Å². The largest absolute Gasteiger partial charge is 0.442 e. The van der Waals surface area contributed by atoms with Gasteiger partial charge in [0.25, 0.3) is 0 Å². The zero-order valence-corrected chi connectivity index (χ0v) is 19.8. The zero-order chi connectivity index (χ0) is 25.8. The summed E-state index contributed by atoms with van der Waals surface area (Å²) < 4.78 is 37.1. The predicted molar refractivity (Wildman–Crippen MR) is 127 cm³/mol. The Hall–Kier alpha value is -4.33. The average molecular weight is 514 g/mol. The number of hydrazine groups is 1. The number of hydrogen-bond donors (Lipinski definition) is 2. The van der Waals surface area contributed by atoms with Gasteiger partial charge in [0.2, 0.25) is 0 Å². The van der Waals surface area contributed by atoms with E-state index in [0.717, 1.165) is 17.7 Å². The fourth-order valence-corrected chi connectivity index (χ4v) is 4.25. The van der Waals surface area contributed by atoms with Crippen LogP contribution in [0.15, 0.2) is 49.1 Å². The maximum Gasteiger partial charge on any atom is 0.414 e. The number of rotatable bonds is 6. The number of cyclic esters (lactones) is 1. The molecule has 2 N–H and O–H groups in total. The molecule has 12 nitrogen and oxygen atoms in total. The third kappa shape index (κ3) is 5.58. The van der Waals surface area contributed by atoms with E-state index in [1.165, 1.54) is 20.8 Å². The number of benzene rings is 1. The summed E-state index contributed by atoms with van der Waals surface area (Å²) in [5, 5.41) is 11.7. The molecule has 0 spiro atoms. The van der Waals surface area contributed by atoms with Gasteiger partial charge in [-0.2, -0.15) is 0 Å². The second-order valence-corrected chi connectivity index (χ2v) is 8.57. The van der Waals surface area contributed by atoms with Crippen molar-refractivity contribution in [1.82, 2.24) is 35.6 Å². The topological polar surface area (TPSA) is 121 Å². The molecule has 2 fully saturated rings. The number of carbonyl (C=O) groups excluding carboxylic acids is 2. The summed E-state index contributed by atoms with van der Waals surface area (Å²) >= 11 is 0. The van der Waals surface area contributed by atoms with Gasteiger partial charge in [-0.05, 0) is 11.6 Å². The van der Waals surface area contributed by atoms with Gasteiger partial charge in [-0.25, -0.2) is 28.5 Å². The number of amides is 3. The number of halogens is 2. The Morgan fingerprint density at radius 1 is 1.19 bits per heavy atom. The lowest BCUT2D eigenvalue weighted by Gasteiger charge is -2.25. The highest BCUT2D eigenvalue weighted by atomic mass is 19.1. The van der Waals surface area contributed by atoms with Gasteiger partial charge < -0.3 is 20.0 Å². The molecular weight excluding hydrogens is 488 g/mol. The normalized spacial score (nSPS) is 18.1. The van der Waals surface area contributed by atoms with E-state index >= 15 is 8.78 Å². The van der Waals surface area contributed by atoms with Crippen molar-refractivity contribution in [2.45, 2.75) is 19.2 Å². The van der Waals surface area contributed by atoms with E-state index in [1.807, 2.05) is 6.07 Å². The second-order valence-electron chi connectivity index (χ2n) is 8.57. The summed E-state index contributed by atoms with van der Waals surface area (Å²) in [6.45, 7) is 1.75. The lowest BCUT2D eigenvalue weighted by atomic mass is 10.2. The minimum Gasteiger partial charge on any atom is -0.442 e. The minimum atomic E-state index is -0.843.